The molecule has 2 amide bonds. The van der Waals surface area contributed by atoms with Gasteiger partial charge in [-0.1, -0.05) is 26.0 Å². The maximum Gasteiger partial charge on any atom is 0.260 e. The van der Waals surface area contributed by atoms with E-state index in [0.717, 1.165) is 49.7 Å². The minimum absolute atomic E-state index is 0.0262. The zero-order valence-corrected chi connectivity index (χ0v) is 24.0. The molecule has 0 unspecified atom stereocenters. The van der Waals surface area contributed by atoms with Gasteiger partial charge in [0.1, 0.15) is 11.6 Å². The van der Waals surface area contributed by atoms with Gasteiger partial charge in [0.15, 0.2) is 0 Å². The molecular formula is C31H38N6O3. The van der Waals surface area contributed by atoms with Gasteiger partial charge in [-0.2, -0.15) is 0 Å². The Balaban J connectivity index is 1.40. The number of hydrogen-bond donors (Lipinski definition) is 1. The summed E-state index contributed by atoms with van der Waals surface area (Å²) in [6, 6.07) is 15.4. The number of para-hydroxylation sites is 1. The zero-order valence-electron chi connectivity index (χ0n) is 24.0. The number of carbonyl (C=O) groups is 2. The van der Waals surface area contributed by atoms with Crippen LogP contribution in [0.1, 0.15) is 47.9 Å². The fraction of sp³-hybridized carbons (Fsp3) is 0.387. The predicted octanol–water partition coefficient (Wildman–Crippen LogP) is 5.14. The summed E-state index contributed by atoms with van der Waals surface area (Å²) in [6.45, 7) is 10.2. The summed E-state index contributed by atoms with van der Waals surface area (Å²) in [7, 11) is 3.71. The molecule has 2 aromatic carbocycles. The van der Waals surface area contributed by atoms with Crippen LogP contribution in [0, 0.1) is 0 Å². The molecule has 0 aliphatic carbocycles. The average molecular weight is 543 g/mol. The first-order chi connectivity index (χ1) is 19.4. The third-order valence-corrected chi connectivity index (χ3v) is 7.96. The van der Waals surface area contributed by atoms with E-state index in [0.29, 0.717) is 41.0 Å². The van der Waals surface area contributed by atoms with Crippen molar-refractivity contribution in [3.05, 3.63) is 65.9 Å². The summed E-state index contributed by atoms with van der Waals surface area (Å²) in [4.78, 5) is 39.1. The van der Waals surface area contributed by atoms with Crippen LogP contribution in [0.15, 0.2) is 54.7 Å². The molecule has 3 aromatic rings. The summed E-state index contributed by atoms with van der Waals surface area (Å²) in [5.74, 6) is 1.14. The first-order valence-electron chi connectivity index (χ1n) is 14.0. The lowest BCUT2D eigenvalue weighted by molar-refractivity contribution is 0.0777. The average Bonchev–Trinajstić information content (AvgIpc) is 3.45. The molecule has 2 aliphatic rings. The normalized spacial score (nSPS) is 16.6. The highest BCUT2D eigenvalue weighted by molar-refractivity contribution is 6.13. The third kappa shape index (κ3) is 5.09. The number of hydrogen-bond acceptors (Lipinski definition) is 7. The van der Waals surface area contributed by atoms with E-state index in [1.807, 2.05) is 72.3 Å². The van der Waals surface area contributed by atoms with E-state index in [4.69, 9.17) is 4.74 Å². The molecule has 5 rings (SSSR count). The van der Waals surface area contributed by atoms with Crippen LogP contribution in [0.4, 0.5) is 28.6 Å². The Morgan fingerprint density at radius 1 is 1.02 bits per heavy atom. The summed E-state index contributed by atoms with van der Waals surface area (Å²) in [5.41, 5.74) is 4.36. The number of aromatic nitrogens is 1. The van der Waals surface area contributed by atoms with Gasteiger partial charge < -0.3 is 24.8 Å². The highest BCUT2D eigenvalue weighted by Crippen LogP contribution is 2.40. The van der Waals surface area contributed by atoms with E-state index in [1.54, 1.807) is 18.1 Å². The van der Waals surface area contributed by atoms with Crippen molar-refractivity contribution >= 4 is 40.4 Å². The molecule has 40 heavy (non-hydrogen) atoms. The van der Waals surface area contributed by atoms with Gasteiger partial charge in [-0.05, 0) is 56.8 Å². The molecule has 1 aromatic heterocycles. The number of likely N-dealkylation sites (tertiary alicyclic amines) is 1. The van der Waals surface area contributed by atoms with Crippen molar-refractivity contribution in [1.29, 1.82) is 0 Å². The highest BCUT2D eigenvalue weighted by atomic mass is 16.5. The minimum atomic E-state index is -0.0796. The van der Waals surface area contributed by atoms with Gasteiger partial charge in [0, 0.05) is 44.9 Å². The van der Waals surface area contributed by atoms with E-state index in [2.05, 4.69) is 29.0 Å². The van der Waals surface area contributed by atoms with Crippen LogP contribution in [-0.2, 0) is 0 Å². The van der Waals surface area contributed by atoms with Crippen LogP contribution >= 0.6 is 0 Å². The van der Waals surface area contributed by atoms with E-state index in [9.17, 15) is 9.59 Å². The molecule has 1 saturated heterocycles. The van der Waals surface area contributed by atoms with Crippen molar-refractivity contribution in [1.82, 2.24) is 14.8 Å². The molecule has 0 spiro atoms. The Hall–Kier alpha value is -4.11. The fourth-order valence-corrected chi connectivity index (χ4v) is 5.72. The predicted molar refractivity (Wildman–Crippen MR) is 160 cm³/mol. The molecule has 0 saturated carbocycles. The zero-order chi connectivity index (χ0) is 28.4. The van der Waals surface area contributed by atoms with E-state index in [1.165, 1.54) is 0 Å². The van der Waals surface area contributed by atoms with Crippen LogP contribution in [0.3, 0.4) is 0 Å². The second kappa shape index (κ2) is 11.6. The number of anilines is 5. The minimum Gasteiger partial charge on any atom is -0.492 e. The Labute approximate surface area is 236 Å². The summed E-state index contributed by atoms with van der Waals surface area (Å²) in [5, 5.41) is 3.37. The largest absolute Gasteiger partial charge is 0.492 e. The van der Waals surface area contributed by atoms with Crippen molar-refractivity contribution in [2.45, 2.75) is 33.2 Å². The molecule has 1 atom stereocenters. The molecule has 9 nitrogen and oxygen atoms in total. The Morgan fingerprint density at radius 2 is 1.80 bits per heavy atom. The van der Waals surface area contributed by atoms with E-state index < -0.39 is 0 Å². The maximum atomic E-state index is 13.4. The smallest absolute Gasteiger partial charge is 0.260 e. The lowest BCUT2D eigenvalue weighted by Gasteiger charge is -2.26. The van der Waals surface area contributed by atoms with Gasteiger partial charge in [0.05, 0.1) is 41.1 Å². The molecule has 0 radical (unpaired) electrons. The molecule has 0 bridgehead atoms. The van der Waals surface area contributed by atoms with Gasteiger partial charge in [0.2, 0.25) is 0 Å². The van der Waals surface area contributed by atoms with Crippen LogP contribution < -0.4 is 19.9 Å². The quantitative estimate of drug-likeness (QED) is 0.422. The Morgan fingerprint density at radius 3 is 2.55 bits per heavy atom. The topological polar surface area (TPSA) is 81.2 Å². The van der Waals surface area contributed by atoms with Gasteiger partial charge in [-0.3, -0.25) is 14.5 Å². The number of pyridine rings is 1. The van der Waals surface area contributed by atoms with Gasteiger partial charge in [0.25, 0.3) is 11.8 Å². The van der Waals surface area contributed by atoms with Crippen molar-refractivity contribution in [2.75, 3.05) is 62.0 Å². The van der Waals surface area contributed by atoms with Crippen LogP contribution in [0.25, 0.3) is 0 Å². The second-order valence-electron chi connectivity index (χ2n) is 10.2. The number of ether oxygens (including phenoxy) is 1. The van der Waals surface area contributed by atoms with E-state index in [-0.39, 0.29) is 11.8 Å². The van der Waals surface area contributed by atoms with Crippen LogP contribution in [-0.4, -0.2) is 79.5 Å². The number of rotatable bonds is 8. The summed E-state index contributed by atoms with van der Waals surface area (Å²) >= 11 is 0. The van der Waals surface area contributed by atoms with Gasteiger partial charge >= 0.3 is 0 Å². The van der Waals surface area contributed by atoms with Gasteiger partial charge in [-0.25, -0.2) is 4.98 Å². The molecule has 3 heterocycles. The van der Waals surface area contributed by atoms with Crippen LogP contribution in [0.2, 0.25) is 0 Å². The third-order valence-electron chi connectivity index (χ3n) is 7.96. The summed E-state index contributed by atoms with van der Waals surface area (Å²) in [6.07, 6.45) is 2.70. The maximum absolute atomic E-state index is 13.4. The lowest BCUT2D eigenvalue weighted by Crippen LogP contribution is -2.38. The van der Waals surface area contributed by atoms with E-state index >= 15 is 0 Å². The number of fused-ring (bicyclic) bond motifs is 2. The Bertz CT molecular complexity index is 1410. The van der Waals surface area contributed by atoms with Crippen molar-refractivity contribution in [3.8, 4) is 5.75 Å². The lowest BCUT2D eigenvalue weighted by atomic mass is 10.1. The van der Waals surface area contributed by atoms with Crippen molar-refractivity contribution in [3.63, 3.8) is 0 Å². The molecule has 9 heteroatoms. The number of carbonyl (C=O) groups excluding carboxylic acids is 2. The molecule has 210 valence electrons. The van der Waals surface area contributed by atoms with Gasteiger partial charge in [-0.15, -0.1) is 0 Å². The fourth-order valence-electron chi connectivity index (χ4n) is 5.72. The number of benzene rings is 2. The van der Waals surface area contributed by atoms with Crippen molar-refractivity contribution in [2.24, 2.45) is 0 Å². The second-order valence-corrected chi connectivity index (χ2v) is 10.2. The number of nitrogens with one attached hydrogen (secondary N) is 1. The molecule has 1 N–H and O–H groups in total. The summed E-state index contributed by atoms with van der Waals surface area (Å²) < 4.78 is 5.96. The standard InChI is InChI=1S/C31H38N6O3/c1-6-36(7-2)22-15-16-37(20-22)30(38)21-13-14-24(28(17-21)40-8-3)33-29-18-26-27(19-32-29)35(5)31(39)23-11-9-10-12-25(23)34(26)4/h9-14,17-19,22H,6-8,15-16,20H2,1-5H3,(H,32,33)/t22-/m0/s1. The SMILES string of the molecule is CCOc1cc(C(=O)N2CC[C@H](N(CC)CC)C2)ccc1Nc1cc2c(cn1)N(C)C(=O)c1ccccc1N2C. The number of amides is 2. The van der Waals surface area contributed by atoms with Crippen LogP contribution in [0.5, 0.6) is 5.75 Å². The molecular weight excluding hydrogens is 504 g/mol. The first kappa shape index (κ1) is 27.5. The number of likely N-dealkylation sites (N-methyl/N-ethyl adjacent to an activating group) is 1. The van der Waals surface area contributed by atoms with Crippen molar-refractivity contribution < 1.29 is 14.3 Å². The Kier molecular flexibility index (Phi) is 7.93. The first-order valence-corrected chi connectivity index (χ1v) is 14.0. The monoisotopic (exact) mass is 542 g/mol. The highest BCUT2D eigenvalue weighted by Gasteiger charge is 2.30. The molecule has 2 aliphatic heterocycles. The molecule has 1 fully saturated rings. The number of nitrogens with zero attached hydrogens (tertiary/aromatic N) is 5.